The predicted molar refractivity (Wildman–Crippen MR) is 102 cm³/mol. The summed E-state index contributed by atoms with van der Waals surface area (Å²) >= 11 is 12.0. The standard InChI is InChI=1S/C18H13Cl2N5/c19-14-8-7-13(15(20)11-14)12-23-25-18(16-5-1-3-9-21-16)24-17-6-2-4-10-22-17/h1-12H,(H,22,24,25)/b23-12-. The summed E-state index contributed by atoms with van der Waals surface area (Å²) in [5.74, 6) is 1.02. The molecule has 0 amide bonds. The van der Waals surface area contributed by atoms with Crippen molar-refractivity contribution in [3.05, 3.63) is 88.3 Å². The van der Waals surface area contributed by atoms with Gasteiger partial charge in [0.2, 0.25) is 0 Å². The molecule has 0 bridgehead atoms. The number of rotatable bonds is 4. The molecule has 3 rings (SSSR count). The largest absolute Gasteiger partial charge is 0.259 e. The van der Waals surface area contributed by atoms with Crippen LogP contribution in [0.15, 0.2) is 77.1 Å². The Morgan fingerprint density at radius 3 is 2.44 bits per heavy atom. The molecule has 0 fully saturated rings. The quantitative estimate of drug-likeness (QED) is 0.418. The molecule has 7 heteroatoms. The highest BCUT2D eigenvalue weighted by molar-refractivity contribution is 6.36. The third kappa shape index (κ3) is 4.86. The van der Waals surface area contributed by atoms with Gasteiger partial charge in [0, 0.05) is 23.0 Å². The van der Waals surface area contributed by atoms with E-state index in [0.717, 1.165) is 5.56 Å². The molecule has 0 spiro atoms. The highest BCUT2D eigenvalue weighted by atomic mass is 35.5. The van der Waals surface area contributed by atoms with Crippen molar-refractivity contribution in [3.8, 4) is 0 Å². The lowest BCUT2D eigenvalue weighted by molar-refractivity contribution is 1.01. The first-order chi connectivity index (χ1) is 12.2. The summed E-state index contributed by atoms with van der Waals surface area (Å²) in [6.45, 7) is 0. The van der Waals surface area contributed by atoms with E-state index >= 15 is 0 Å². The predicted octanol–water partition coefficient (Wildman–Crippen LogP) is 4.49. The molecule has 0 aliphatic rings. The summed E-state index contributed by atoms with van der Waals surface area (Å²) in [4.78, 5) is 12.9. The van der Waals surface area contributed by atoms with Gasteiger partial charge in [0.05, 0.1) is 11.2 Å². The van der Waals surface area contributed by atoms with E-state index in [1.54, 1.807) is 42.9 Å². The number of halogens is 2. The Hall–Kier alpha value is -2.76. The average molecular weight is 370 g/mol. The summed E-state index contributed by atoms with van der Waals surface area (Å²) in [7, 11) is 0. The van der Waals surface area contributed by atoms with Gasteiger partial charge in [-0.25, -0.2) is 9.98 Å². The second-order valence-electron chi connectivity index (χ2n) is 4.90. The lowest BCUT2D eigenvalue weighted by Crippen LogP contribution is -2.20. The first-order valence-electron chi connectivity index (χ1n) is 7.37. The van der Waals surface area contributed by atoms with Crippen LogP contribution >= 0.6 is 23.2 Å². The molecule has 5 nitrogen and oxygen atoms in total. The van der Waals surface area contributed by atoms with Crippen LogP contribution in [0.4, 0.5) is 5.82 Å². The van der Waals surface area contributed by atoms with Crippen molar-refractivity contribution in [1.82, 2.24) is 15.4 Å². The van der Waals surface area contributed by atoms with Gasteiger partial charge in [-0.3, -0.25) is 10.4 Å². The number of hydrazone groups is 1. The second kappa shape index (κ2) is 8.37. The summed E-state index contributed by atoms with van der Waals surface area (Å²) < 4.78 is 0. The lowest BCUT2D eigenvalue weighted by Gasteiger charge is -2.05. The molecule has 1 N–H and O–H groups in total. The van der Waals surface area contributed by atoms with Crippen LogP contribution in [-0.4, -0.2) is 22.0 Å². The zero-order valence-electron chi connectivity index (χ0n) is 13.0. The molecule has 0 saturated heterocycles. The molecule has 2 aromatic heterocycles. The van der Waals surface area contributed by atoms with Gasteiger partial charge >= 0.3 is 0 Å². The van der Waals surface area contributed by atoms with Crippen molar-refractivity contribution in [2.75, 3.05) is 0 Å². The van der Waals surface area contributed by atoms with Gasteiger partial charge in [-0.15, -0.1) is 0 Å². The molecule has 0 saturated carbocycles. The van der Waals surface area contributed by atoms with E-state index in [0.29, 0.717) is 27.4 Å². The molecular formula is C18H13Cl2N5. The Morgan fingerprint density at radius 2 is 1.76 bits per heavy atom. The number of pyridine rings is 2. The Labute approximate surface area is 155 Å². The number of aromatic nitrogens is 2. The van der Waals surface area contributed by atoms with Crippen molar-refractivity contribution < 1.29 is 0 Å². The number of aliphatic imine (C=N–C) groups is 1. The van der Waals surface area contributed by atoms with Gasteiger partial charge in [-0.1, -0.05) is 41.4 Å². The van der Waals surface area contributed by atoms with Gasteiger partial charge in [-0.05, 0) is 36.4 Å². The van der Waals surface area contributed by atoms with E-state index in [-0.39, 0.29) is 0 Å². The van der Waals surface area contributed by atoms with E-state index in [2.05, 4.69) is 25.5 Å². The fraction of sp³-hybridized carbons (Fsp3) is 0. The number of benzene rings is 1. The SMILES string of the molecule is Clc1ccc(/C=N\NC(=Nc2ccccn2)c2ccccn2)c(Cl)c1. The van der Waals surface area contributed by atoms with Crippen molar-refractivity contribution >= 4 is 41.1 Å². The first-order valence-corrected chi connectivity index (χ1v) is 8.13. The van der Waals surface area contributed by atoms with Crippen molar-refractivity contribution in [1.29, 1.82) is 0 Å². The molecule has 0 aliphatic heterocycles. The van der Waals surface area contributed by atoms with Crippen molar-refractivity contribution in [3.63, 3.8) is 0 Å². The number of amidine groups is 1. The van der Waals surface area contributed by atoms with Crippen LogP contribution in [0.25, 0.3) is 0 Å². The minimum atomic E-state index is 0.473. The van der Waals surface area contributed by atoms with Crippen LogP contribution in [0.2, 0.25) is 10.0 Å². The average Bonchev–Trinajstić information content (AvgIpc) is 2.64. The molecule has 25 heavy (non-hydrogen) atoms. The third-order valence-electron chi connectivity index (χ3n) is 3.12. The molecule has 124 valence electrons. The molecule has 3 aromatic rings. The second-order valence-corrected chi connectivity index (χ2v) is 5.74. The fourth-order valence-electron chi connectivity index (χ4n) is 1.95. The van der Waals surface area contributed by atoms with Crippen LogP contribution in [0.3, 0.4) is 0 Å². The van der Waals surface area contributed by atoms with Crippen molar-refractivity contribution in [2.24, 2.45) is 10.1 Å². The van der Waals surface area contributed by atoms with E-state index < -0.39 is 0 Å². The van der Waals surface area contributed by atoms with Gasteiger partial charge in [-0.2, -0.15) is 5.10 Å². The maximum Gasteiger partial charge on any atom is 0.174 e. The molecular weight excluding hydrogens is 357 g/mol. The van der Waals surface area contributed by atoms with Gasteiger partial charge < -0.3 is 0 Å². The zero-order chi connectivity index (χ0) is 17.5. The number of nitrogens with zero attached hydrogens (tertiary/aromatic N) is 4. The first kappa shape index (κ1) is 17.1. The Bertz CT molecular complexity index is 896. The monoisotopic (exact) mass is 369 g/mol. The Balaban J connectivity index is 1.85. The molecule has 1 aromatic carbocycles. The smallest absolute Gasteiger partial charge is 0.174 e. The highest BCUT2D eigenvalue weighted by Crippen LogP contribution is 2.19. The van der Waals surface area contributed by atoms with Gasteiger partial charge in [0.1, 0.15) is 5.69 Å². The van der Waals surface area contributed by atoms with Crippen LogP contribution in [0.5, 0.6) is 0 Å². The molecule has 0 radical (unpaired) electrons. The van der Waals surface area contributed by atoms with Crippen LogP contribution in [0, 0.1) is 0 Å². The molecule has 0 unspecified atom stereocenters. The number of hydrogen-bond acceptors (Lipinski definition) is 4. The topological polar surface area (TPSA) is 62.5 Å². The zero-order valence-corrected chi connectivity index (χ0v) is 14.5. The molecule has 0 aliphatic carbocycles. The summed E-state index contributed by atoms with van der Waals surface area (Å²) in [6, 6.07) is 16.2. The summed E-state index contributed by atoms with van der Waals surface area (Å²) in [5, 5.41) is 5.29. The highest BCUT2D eigenvalue weighted by Gasteiger charge is 2.05. The number of hydrogen-bond donors (Lipinski definition) is 1. The van der Waals surface area contributed by atoms with E-state index in [4.69, 9.17) is 23.2 Å². The van der Waals surface area contributed by atoms with E-state index in [1.807, 2.05) is 30.3 Å². The number of nitrogens with one attached hydrogen (secondary N) is 1. The summed E-state index contributed by atoms with van der Waals surface area (Å²) in [5.41, 5.74) is 4.28. The van der Waals surface area contributed by atoms with Gasteiger partial charge in [0.25, 0.3) is 0 Å². The summed E-state index contributed by atoms with van der Waals surface area (Å²) in [6.07, 6.45) is 4.95. The van der Waals surface area contributed by atoms with Gasteiger partial charge in [0.15, 0.2) is 11.7 Å². The third-order valence-corrected chi connectivity index (χ3v) is 3.68. The van der Waals surface area contributed by atoms with E-state index in [1.165, 1.54) is 0 Å². The normalized spacial score (nSPS) is 11.7. The molecule has 2 heterocycles. The van der Waals surface area contributed by atoms with Crippen LogP contribution < -0.4 is 5.43 Å². The minimum Gasteiger partial charge on any atom is -0.259 e. The van der Waals surface area contributed by atoms with E-state index in [9.17, 15) is 0 Å². The Morgan fingerprint density at radius 1 is 0.960 bits per heavy atom. The van der Waals surface area contributed by atoms with Crippen LogP contribution in [-0.2, 0) is 0 Å². The fourth-order valence-corrected chi connectivity index (χ4v) is 2.40. The lowest BCUT2D eigenvalue weighted by atomic mass is 10.2. The van der Waals surface area contributed by atoms with Crippen LogP contribution in [0.1, 0.15) is 11.3 Å². The minimum absolute atomic E-state index is 0.473. The maximum atomic E-state index is 6.14. The molecule has 0 atom stereocenters. The Kier molecular flexibility index (Phi) is 5.72. The van der Waals surface area contributed by atoms with Crippen molar-refractivity contribution in [2.45, 2.75) is 0 Å². The maximum absolute atomic E-state index is 6.14.